The Bertz CT molecular complexity index is 609. The maximum Gasteiger partial charge on any atom is 0.416 e. The second kappa shape index (κ2) is 8.17. The van der Waals surface area contributed by atoms with E-state index >= 15 is 0 Å². The van der Waals surface area contributed by atoms with Crippen LogP contribution < -0.4 is 11.1 Å². The maximum absolute atomic E-state index is 12.6. The highest BCUT2D eigenvalue weighted by Crippen LogP contribution is 2.29. The van der Waals surface area contributed by atoms with E-state index in [1.165, 1.54) is 12.1 Å². The van der Waals surface area contributed by atoms with Crippen LogP contribution in [0.3, 0.4) is 0 Å². The number of alkyl halides is 3. The first-order chi connectivity index (χ1) is 10.7. The molecule has 0 unspecified atom stereocenters. The summed E-state index contributed by atoms with van der Waals surface area (Å²) in [5.41, 5.74) is 4.49. The molecule has 0 aliphatic carbocycles. The molecule has 124 valence electrons. The van der Waals surface area contributed by atoms with Crippen LogP contribution in [0.4, 0.5) is 13.2 Å². The smallest absolute Gasteiger partial charge is 0.368 e. The molecule has 0 spiro atoms. The number of nitriles is 1. The minimum Gasteiger partial charge on any atom is -0.368 e. The molecular weight excluding hydrogens is 311 g/mol. The van der Waals surface area contributed by atoms with Crippen molar-refractivity contribution in [3.05, 3.63) is 35.4 Å². The third kappa shape index (κ3) is 6.38. The molecule has 2 amide bonds. The molecule has 0 saturated heterocycles. The predicted molar refractivity (Wildman–Crippen MR) is 75.7 cm³/mol. The van der Waals surface area contributed by atoms with Crippen LogP contribution in [0.25, 0.3) is 0 Å². The first-order valence-corrected chi connectivity index (χ1v) is 6.86. The Morgan fingerprint density at radius 1 is 1.35 bits per heavy atom. The van der Waals surface area contributed by atoms with Gasteiger partial charge in [0.25, 0.3) is 0 Å². The summed E-state index contributed by atoms with van der Waals surface area (Å²) >= 11 is 0. The van der Waals surface area contributed by atoms with Crippen LogP contribution in [-0.4, -0.2) is 17.9 Å². The molecule has 3 N–H and O–H groups in total. The van der Waals surface area contributed by atoms with Crippen molar-refractivity contribution in [2.45, 2.75) is 37.9 Å². The predicted octanol–water partition coefficient (Wildman–Crippen LogP) is 1.91. The van der Waals surface area contributed by atoms with Gasteiger partial charge in [-0.2, -0.15) is 18.4 Å². The van der Waals surface area contributed by atoms with Crippen LogP contribution in [0, 0.1) is 11.3 Å². The van der Waals surface area contributed by atoms with Gasteiger partial charge in [0.2, 0.25) is 11.8 Å². The number of rotatable bonds is 7. The third-order valence-electron chi connectivity index (χ3n) is 3.08. The van der Waals surface area contributed by atoms with Crippen LogP contribution >= 0.6 is 0 Å². The van der Waals surface area contributed by atoms with Crippen molar-refractivity contribution in [1.82, 2.24) is 5.32 Å². The highest BCUT2D eigenvalue weighted by molar-refractivity contribution is 5.87. The van der Waals surface area contributed by atoms with Gasteiger partial charge in [0.05, 0.1) is 18.1 Å². The average Bonchev–Trinajstić information content (AvgIpc) is 2.45. The van der Waals surface area contributed by atoms with E-state index in [0.717, 1.165) is 12.1 Å². The Morgan fingerprint density at radius 3 is 2.61 bits per heavy atom. The minimum atomic E-state index is -4.49. The Balaban J connectivity index is 2.68. The Kier molecular flexibility index (Phi) is 6.57. The lowest BCUT2D eigenvalue weighted by atomic mass is 10.1. The number of primary amides is 1. The Morgan fingerprint density at radius 2 is 2.04 bits per heavy atom. The summed E-state index contributed by atoms with van der Waals surface area (Å²) in [6.07, 6.45) is -3.98. The summed E-state index contributed by atoms with van der Waals surface area (Å²) in [6, 6.07) is 5.36. The number of nitrogens with two attached hydrogens (primary N) is 1. The molecule has 1 atom stereocenters. The summed E-state index contributed by atoms with van der Waals surface area (Å²) in [7, 11) is 0. The molecule has 0 radical (unpaired) electrons. The van der Waals surface area contributed by atoms with Gasteiger partial charge in [-0.15, -0.1) is 0 Å². The normalized spacial score (nSPS) is 12.3. The monoisotopic (exact) mass is 327 g/mol. The van der Waals surface area contributed by atoms with Crippen LogP contribution in [0.1, 0.15) is 30.4 Å². The van der Waals surface area contributed by atoms with E-state index < -0.39 is 29.6 Å². The molecule has 0 bridgehead atoms. The summed E-state index contributed by atoms with van der Waals surface area (Å²) in [4.78, 5) is 23.1. The first-order valence-electron chi connectivity index (χ1n) is 6.86. The highest BCUT2D eigenvalue weighted by atomic mass is 19.4. The van der Waals surface area contributed by atoms with Crippen LogP contribution in [0.15, 0.2) is 24.3 Å². The molecule has 1 rings (SSSR count). The molecule has 0 aliphatic rings. The van der Waals surface area contributed by atoms with Crippen molar-refractivity contribution < 1.29 is 22.8 Å². The van der Waals surface area contributed by atoms with Gasteiger partial charge in [-0.05, 0) is 24.5 Å². The van der Waals surface area contributed by atoms with Crippen molar-refractivity contribution in [3.63, 3.8) is 0 Å². The van der Waals surface area contributed by atoms with Gasteiger partial charge in [-0.3, -0.25) is 9.59 Å². The number of unbranched alkanes of at least 4 members (excludes halogenated alkanes) is 1. The van der Waals surface area contributed by atoms with Crippen LogP contribution in [0.2, 0.25) is 0 Å². The van der Waals surface area contributed by atoms with Crippen molar-refractivity contribution in [3.8, 4) is 6.07 Å². The van der Waals surface area contributed by atoms with Gasteiger partial charge in [0, 0.05) is 6.42 Å². The van der Waals surface area contributed by atoms with Gasteiger partial charge in [0.15, 0.2) is 0 Å². The molecule has 0 aromatic heterocycles. The number of carbonyl (C=O) groups excluding carboxylic acids is 2. The second-order valence-electron chi connectivity index (χ2n) is 4.95. The molecule has 0 heterocycles. The fourth-order valence-corrected chi connectivity index (χ4v) is 1.96. The van der Waals surface area contributed by atoms with Gasteiger partial charge in [-0.1, -0.05) is 18.2 Å². The van der Waals surface area contributed by atoms with Crippen molar-refractivity contribution >= 4 is 11.8 Å². The lowest BCUT2D eigenvalue weighted by Gasteiger charge is -2.15. The fourth-order valence-electron chi connectivity index (χ4n) is 1.96. The minimum absolute atomic E-state index is 0.178. The quantitative estimate of drug-likeness (QED) is 0.749. The molecule has 0 fully saturated rings. The topological polar surface area (TPSA) is 96.0 Å². The molecule has 1 aromatic carbocycles. The van der Waals surface area contributed by atoms with Crippen LogP contribution in [0.5, 0.6) is 0 Å². The SMILES string of the molecule is N#CCCC[C@@H](NC(=O)Cc1cccc(C(F)(F)F)c1)C(N)=O. The van der Waals surface area contributed by atoms with Gasteiger partial charge in [-0.25, -0.2) is 0 Å². The summed E-state index contributed by atoms with van der Waals surface area (Å²) in [6.45, 7) is 0. The molecule has 0 aliphatic heterocycles. The fraction of sp³-hybridized carbons (Fsp3) is 0.400. The maximum atomic E-state index is 12.6. The molecular formula is C15H16F3N3O2. The largest absolute Gasteiger partial charge is 0.416 e. The van der Waals surface area contributed by atoms with Gasteiger partial charge in [0.1, 0.15) is 6.04 Å². The number of amides is 2. The molecule has 0 saturated carbocycles. The second-order valence-corrected chi connectivity index (χ2v) is 4.95. The number of nitrogens with zero attached hydrogens (tertiary/aromatic N) is 1. The number of benzene rings is 1. The van der Waals surface area contributed by atoms with E-state index in [0.29, 0.717) is 6.42 Å². The number of carbonyl (C=O) groups is 2. The summed E-state index contributed by atoms with van der Waals surface area (Å²) in [5, 5.41) is 10.8. The number of hydrogen-bond donors (Lipinski definition) is 2. The standard InChI is InChI=1S/C15H16F3N3O2/c16-15(17,18)11-5-3-4-10(8-11)9-13(22)21-12(14(20)23)6-1-2-7-19/h3-5,8,12H,1-2,6,9H2,(H2,20,23)(H,21,22)/t12-/m1/s1. The zero-order valence-corrected chi connectivity index (χ0v) is 12.2. The summed E-state index contributed by atoms with van der Waals surface area (Å²) in [5.74, 6) is -1.36. The Labute approximate surface area is 131 Å². The van der Waals surface area contributed by atoms with Gasteiger partial charge < -0.3 is 11.1 Å². The molecule has 5 nitrogen and oxygen atoms in total. The molecule has 8 heteroatoms. The average molecular weight is 327 g/mol. The zero-order valence-electron chi connectivity index (χ0n) is 12.2. The van der Waals surface area contributed by atoms with E-state index in [2.05, 4.69) is 5.32 Å². The van der Waals surface area contributed by atoms with Crippen molar-refractivity contribution in [2.24, 2.45) is 5.73 Å². The number of hydrogen-bond acceptors (Lipinski definition) is 3. The van der Waals surface area contributed by atoms with E-state index in [1.54, 1.807) is 0 Å². The van der Waals surface area contributed by atoms with E-state index in [4.69, 9.17) is 11.0 Å². The third-order valence-corrected chi connectivity index (χ3v) is 3.08. The van der Waals surface area contributed by atoms with Crippen molar-refractivity contribution in [1.29, 1.82) is 5.26 Å². The van der Waals surface area contributed by atoms with E-state index in [1.807, 2.05) is 6.07 Å². The highest BCUT2D eigenvalue weighted by Gasteiger charge is 2.30. The number of halogens is 3. The molecule has 23 heavy (non-hydrogen) atoms. The Hall–Kier alpha value is -2.56. The first kappa shape index (κ1) is 18.5. The zero-order chi connectivity index (χ0) is 17.5. The van der Waals surface area contributed by atoms with E-state index in [-0.39, 0.29) is 24.8 Å². The lowest BCUT2D eigenvalue weighted by Crippen LogP contribution is -2.44. The molecule has 1 aromatic rings. The van der Waals surface area contributed by atoms with Crippen LogP contribution in [-0.2, 0) is 22.2 Å². The lowest BCUT2D eigenvalue weighted by molar-refractivity contribution is -0.137. The van der Waals surface area contributed by atoms with Gasteiger partial charge >= 0.3 is 6.18 Å². The van der Waals surface area contributed by atoms with E-state index in [9.17, 15) is 22.8 Å². The summed E-state index contributed by atoms with van der Waals surface area (Å²) < 4.78 is 37.8. The van der Waals surface area contributed by atoms with Crippen molar-refractivity contribution in [2.75, 3.05) is 0 Å². The number of nitrogens with one attached hydrogen (secondary N) is 1.